The number of carboxylic acid groups (broad SMARTS) is 1. The molecule has 1 aromatic rings. The Morgan fingerprint density at radius 2 is 2.05 bits per heavy atom. The van der Waals surface area contributed by atoms with Crippen LogP contribution < -0.4 is 0 Å². The zero-order chi connectivity index (χ0) is 15.3. The molecule has 0 unspecified atom stereocenters. The minimum atomic E-state index is -0.963. The maximum Gasteiger partial charge on any atom is 0.328 e. The normalized spacial score (nSPS) is 11.8. The summed E-state index contributed by atoms with van der Waals surface area (Å²) in [6.07, 6.45) is 3.18. The van der Waals surface area contributed by atoms with Crippen molar-refractivity contribution >= 4 is 29.3 Å². The Morgan fingerprint density at radius 3 is 2.60 bits per heavy atom. The van der Waals surface area contributed by atoms with E-state index >= 15 is 0 Å². The zero-order valence-corrected chi connectivity index (χ0v) is 13.2. The first-order chi connectivity index (χ1) is 9.17. The Labute approximate surface area is 123 Å². The van der Waals surface area contributed by atoms with Crippen LogP contribution in [0.3, 0.4) is 0 Å². The predicted molar refractivity (Wildman–Crippen MR) is 81.5 cm³/mol. The first-order valence-corrected chi connectivity index (χ1v) is 7.28. The average molecular weight is 295 g/mol. The van der Waals surface area contributed by atoms with Crippen LogP contribution in [0.1, 0.15) is 37.6 Å². The fraction of sp³-hybridized carbons (Fsp3) is 0.467. The van der Waals surface area contributed by atoms with Crippen LogP contribution in [0.4, 0.5) is 0 Å². The van der Waals surface area contributed by atoms with E-state index in [1.165, 1.54) is 11.3 Å². The number of aliphatic carboxylic acids is 1. The van der Waals surface area contributed by atoms with E-state index in [1.54, 1.807) is 18.0 Å². The third-order valence-electron chi connectivity index (χ3n) is 2.59. The van der Waals surface area contributed by atoms with Gasteiger partial charge in [-0.25, -0.2) is 4.79 Å². The van der Waals surface area contributed by atoms with Crippen LogP contribution in [0.15, 0.2) is 17.5 Å². The van der Waals surface area contributed by atoms with Gasteiger partial charge in [-0.05, 0) is 28.5 Å². The maximum atomic E-state index is 12.0. The molecule has 0 aliphatic rings. The highest BCUT2D eigenvalue weighted by atomic mass is 32.1. The van der Waals surface area contributed by atoms with E-state index in [1.807, 2.05) is 32.2 Å². The summed E-state index contributed by atoms with van der Waals surface area (Å²) in [6, 6.07) is 1.91. The number of carbonyl (C=O) groups excluding carboxylic acids is 1. The summed E-state index contributed by atoms with van der Waals surface area (Å²) in [5.74, 6) is -0.844. The molecule has 20 heavy (non-hydrogen) atoms. The van der Waals surface area contributed by atoms with Crippen LogP contribution >= 0.6 is 11.3 Å². The summed E-state index contributed by atoms with van der Waals surface area (Å²) in [5.41, 5.74) is 0.833. The molecule has 4 nitrogen and oxygen atoms in total. The molecule has 110 valence electrons. The van der Waals surface area contributed by atoms with E-state index < -0.39 is 5.97 Å². The zero-order valence-electron chi connectivity index (χ0n) is 12.3. The van der Waals surface area contributed by atoms with Gasteiger partial charge in [-0.1, -0.05) is 20.8 Å². The van der Waals surface area contributed by atoms with Gasteiger partial charge in [-0.15, -0.1) is 11.3 Å². The molecular formula is C15H21NO3S. The molecule has 0 aliphatic heterocycles. The Hall–Kier alpha value is -1.62. The fourth-order valence-corrected chi connectivity index (χ4v) is 2.55. The standard InChI is InChI=1S/C15H21NO3S/c1-15(2,3)8-13(17)16(4)9-12-7-11(10-20-12)5-6-14(18)19/h5-7,10H,8-9H2,1-4H3,(H,18,19). The van der Waals surface area contributed by atoms with Crippen molar-refractivity contribution in [2.75, 3.05) is 7.05 Å². The number of amides is 1. The Balaban J connectivity index is 2.60. The largest absolute Gasteiger partial charge is 0.478 e. The molecule has 1 aromatic heterocycles. The lowest BCUT2D eigenvalue weighted by atomic mass is 9.92. The second-order valence-electron chi connectivity index (χ2n) is 6.01. The summed E-state index contributed by atoms with van der Waals surface area (Å²) in [7, 11) is 1.79. The van der Waals surface area contributed by atoms with Crippen molar-refractivity contribution in [3.63, 3.8) is 0 Å². The Kier molecular flexibility index (Phi) is 5.51. The SMILES string of the molecule is CN(Cc1cc(C=CC(=O)O)cs1)C(=O)CC(C)(C)C. The molecule has 0 radical (unpaired) electrons. The minimum absolute atomic E-state index is 0.0177. The smallest absolute Gasteiger partial charge is 0.328 e. The quantitative estimate of drug-likeness (QED) is 0.848. The number of nitrogens with zero attached hydrogens (tertiary/aromatic N) is 1. The summed E-state index contributed by atoms with van der Waals surface area (Å²) in [4.78, 5) is 25.2. The van der Waals surface area contributed by atoms with E-state index in [0.717, 1.165) is 16.5 Å². The second-order valence-corrected chi connectivity index (χ2v) is 7.00. The van der Waals surface area contributed by atoms with Gasteiger partial charge in [0.2, 0.25) is 5.91 Å². The van der Waals surface area contributed by atoms with Crippen molar-refractivity contribution in [2.45, 2.75) is 33.7 Å². The topological polar surface area (TPSA) is 57.6 Å². The van der Waals surface area contributed by atoms with Gasteiger partial charge >= 0.3 is 5.97 Å². The molecule has 0 fully saturated rings. The van der Waals surface area contributed by atoms with Gasteiger partial charge in [0.1, 0.15) is 0 Å². The third kappa shape index (κ3) is 6.02. The molecule has 1 amide bonds. The van der Waals surface area contributed by atoms with Gasteiger partial charge in [0.05, 0.1) is 6.54 Å². The van der Waals surface area contributed by atoms with Crippen molar-refractivity contribution in [3.8, 4) is 0 Å². The van der Waals surface area contributed by atoms with Crippen LogP contribution in [-0.4, -0.2) is 28.9 Å². The van der Waals surface area contributed by atoms with Gasteiger partial charge < -0.3 is 10.0 Å². The van der Waals surface area contributed by atoms with E-state index in [4.69, 9.17) is 5.11 Å². The molecule has 0 spiro atoms. The van der Waals surface area contributed by atoms with E-state index in [-0.39, 0.29) is 11.3 Å². The van der Waals surface area contributed by atoms with Crippen LogP contribution in [0.2, 0.25) is 0 Å². The predicted octanol–water partition coefficient (Wildman–Crippen LogP) is 3.24. The van der Waals surface area contributed by atoms with Crippen molar-refractivity contribution in [1.29, 1.82) is 0 Å². The summed E-state index contributed by atoms with van der Waals surface area (Å²) < 4.78 is 0. The van der Waals surface area contributed by atoms with Crippen molar-refractivity contribution in [2.24, 2.45) is 5.41 Å². The lowest BCUT2D eigenvalue weighted by Gasteiger charge is -2.22. The first-order valence-electron chi connectivity index (χ1n) is 6.40. The van der Waals surface area contributed by atoms with Gasteiger partial charge in [0, 0.05) is 24.4 Å². The van der Waals surface area contributed by atoms with Crippen molar-refractivity contribution in [1.82, 2.24) is 4.90 Å². The number of hydrogen-bond acceptors (Lipinski definition) is 3. The van der Waals surface area contributed by atoms with Gasteiger partial charge in [0.25, 0.3) is 0 Å². The van der Waals surface area contributed by atoms with Crippen molar-refractivity contribution in [3.05, 3.63) is 28.0 Å². The molecule has 1 heterocycles. The summed E-state index contributed by atoms with van der Waals surface area (Å²) >= 11 is 1.53. The molecular weight excluding hydrogens is 274 g/mol. The number of carboxylic acids is 1. The average Bonchev–Trinajstić information content (AvgIpc) is 2.71. The molecule has 0 aromatic carbocycles. The van der Waals surface area contributed by atoms with Gasteiger partial charge in [-0.3, -0.25) is 4.79 Å². The molecule has 0 aliphatic carbocycles. The monoisotopic (exact) mass is 295 g/mol. The summed E-state index contributed by atoms with van der Waals surface area (Å²) in [5, 5.41) is 10.5. The summed E-state index contributed by atoms with van der Waals surface area (Å²) in [6.45, 7) is 6.68. The maximum absolute atomic E-state index is 12.0. The van der Waals surface area contributed by atoms with E-state index in [0.29, 0.717) is 13.0 Å². The van der Waals surface area contributed by atoms with Crippen LogP contribution in [0.25, 0.3) is 6.08 Å². The lowest BCUT2D eigenvalue weighted by Crippen LogP contribution is -2.29. The number of thiophene rings is 1. The molecule has 0 saturated heterocycles. The second kappa shape index (κ2) is 6.70. The molecule has 0 bridgehead atoms. The van der Waals surface area contributed by atoms with Gasteiger partial charge in [0.15, 0.2) is 0 Å². The molecule has 5 heteroatoms. The highest BCUT2D eigenvalue weighted by Crippen LogP contribution is 2.22. The Bertz CT molecular complexity index is 511. The van der Waals surface area contributed by atoms with Crippen LogP contribution in [0.5, 0.6) is 0 Å². The highest BCUT2D eigenvalue weighted by Gasteiger charge is 2.19. The van der Waals surface area contributed by atoms with E-state index in [9.17, 15) is 9.59 Å². The lowest BCUT2D eigenvalue weighted by molar-refractivity contribution is -0.132. The molecule has 1 N–H and O–H groups in total. The first kappa shape index (κ1) is 16.4. The minimum Gasteiger partial charge on any atom is -0.478 e. The number of hydrogen-bond donors (Lipinski definition) is 1. The van der Waals surface area contributed by atoms with Crippen molar-refractivity contribution < 1.29 is 14.7 Å². The molecule has 0 saturated carbocycles. The third-order valence-corrected chi connectivity index (χ3v) is 3.53. The Morgan fingerprint density at radius 1 is 1.40 bits per heavy atom. The van der Waals surface area contributed by atoms with Gasteiger partial charge in [-0.2, -0.15) is 0 Å². The number of rotatable bonds is 5. The number of carbonyl (C=O) groups is 2. The molecule has 0 atom stereocenters. The fourth-order valence-electron chi connectivity index (χ4n) is 1.65. The van der Waals surface area contributed by atoms with Crippen LogP contribution in [-0.2, 0) is 16.1 Å². The van der Waals surface area contributed by atoms with E-state index in [2.05, 4.69) is 0 Å². The highest BCUT2D eigenvalue weighted by molar-refractivity contribution is 7.10. The molecule has 1 rings (SSSR count). The van der Waals surface area contributed by atoms with Crippen LogP contribution in [0, 0.1) is 5.41 Å².